The monoisotopic (exact) mass is 154 g/mol. The first kappa shape index (κ1) is 8.79. The molecule has 0 aliphatic heterocycles. The minimum absolute atomic E-state index is 0.143. The largest absolute Gasteiger partial charge is 0.389 e. The molecule has 1 aliphatic carbocycles. The summed E-state index contributed by atoms with van der Waals surface area (Å²) in [7, 11) is 0. The van der Waals surface area contributed by atoms with E-state index in [0.717, 1.165) is 6.42 Å². The minimum Gasteiger partial charge on any atom is -0.389 e. The van der Waals surface area contributed by atoms with E-state index in [-0.39, 0.29) is 6.10 Å². The second-order valence-electron chi connectivity index (χ2n) is 3.39. The van der Waals surface area contributed by atoms with Crippen molar-refractivity contribution < 1.29 is 5.11 Å². The molecule has 1 aliphatic rings. The minimum atomic E-state index is -0.143. The molecule has 0 aromatic heterocycles. The van der Waals surface area contributed by atoms with Crippen molar-refractivity contribution in [2.24, 2.45) is 0 Å². The van der Waals surface area contributed by atoms with Gasteiger partial charge in [0.05, 0.1) is 6.10 Å². The van der Waals surface area contributed by atoms with Crippen LogP contribution in [0.5, 0.6) is 0 Å². The Morgan fingerprint density at radius 1 is 1.64 bits per heavy atom. The summed E-state index contributed by atoms with van der Waals surface area (Å²) in [6.07, 6.45) is 9.01. The van der Waals surface area contributed by atoms with Crippen LogP contribution in [0.3, 0.4) is 0 Å². The van der Waals surface area contributed by atoms with Crippen LogP contribution in [0.4, 0.5) is 0 Å². The Bertz CT molecular complexity index is 138. The number of aliphatic hydroxyl groups is 1. The van der Waals surface area contributed by atoms with Crippen LogP contribution in [0.1, 0.15) is 45.4 Å². The Morgan fingerprint density at radius 3 is 3.09 bits per heavy atom. The summed E-state index contributed by atoms with van der Waals surface area (Å²) in [6.45, 7) is 2.21. The molecule has 0 saturated carbocycles. The van der Waals surface area contributed by atoms with Crippen molar-refractivity contribution >= 4 is 0 Å². The average molecular weight is 154 g/mol. The normalized spacial score (nSPS) is 24.9. The van der Waals surface area contributed by atoms with E-state index in [2.05, 4.69) is 13.0 Å². The first-order valence-electron chi connectivity index (χ1n) is 4.70. The van der Waals surface area contributed by atoms with Crippen molar-refractivity contribution in [3.05, 3.63) is 11.6 Å². The van der Waals surface area contributed by atoms with E-state index < -0.39 is 0 Å². The van der Waals surface area contributed by atoms with Gasteiger partial charge in [0.1, 0.15) is 0 Å². The number of aliphatic hydroxyl groups excluding tert-OH is 1. The second kappa shape index (κ2) is 4.55. The molecular formula is C10H18O. The van der Waals surface area contributed by atoms with Crippen molar-refractivity contribution in [1.82, 2.24) is 0 Å². The van der Waals surface area contributed by atoms with Gasteiger partial charge >= 0.3 is 0 Å². The van der Waals surface area contributed by atoms with Crippen LogP contribution < -0.4 is 0 Å². The molecule has 0 aromatic carbocycles. The van der Waals surface area contributed by atoms with Crippen LogP contribution in [0, 0.1) is 0 Å². The summed E-state index contributed by atoms with van der Waals surface area (Å²) in [4.78, 5) is 0. The van der Waals surface area contributed by atoms with Crippen molar-refractivity contribution in [1.29, 1.82) is 0 Å². The molecule has 0 fully saturated rings. The molecule has 0 spiro atoms. The van der Waals surface area contributed by atoms with Gasteiger partial charge in [-0.2, -0.15) is 0 Å². The zero-order chi connectivity index (χ0) is 8.10. The number of hydrogen-bond donors (Lipinski definition) is 1. The smallest absolute Gasteiger partial charge is 0.0723 e. The molecule has 1 N–H and O–H groups in total. The summed E-state index contributed by atoms with van der Waals surface area (Å²) in [5.74, 6) is 0. The Morgan fingerprint density at radius 2 is 2.45 bits per heavy atom. The zero-order valence-electron chi connectivity index (χ0n) is 7.34. The topological polar surface area (TPSA) is 20.2 Å². The highest BCUT2D eigenvalue weighted by molar-refractivity contribution is 5.08. The second-order valence-corrected chi connectivity index (χ2v) is 3.39. The number of unbranched alkanes of at least 4 members (excludes halogenated alkanes) is 1. The lowest BCUT2D eigenvalue weighted by Gasteiger charge is -2.16. The lowest BCUT2D eigenvalue weighted by Crippen LogP contribution is -2.08. The summed E-state index contributed by atoms with van der Waals surface area (Å²) >= 11 is 0. The average Bonchev–Trinajstić information content (AvgIpc) is 2.01. The Balaban J connectivity index is 2.31. The van der Waals surface area contributed by atoms with Crippen LogP contribution in [0.2, 0.25) is 0 Å². The van der Waals surface area contributed by atoms with Crippen molar-refractivity contribution in [2.75, 3.05) is 0 Å². The third-order valence-electron chi connectivity index (χ3n) is 2.28. The summed E-state index contributed by atoms with van der Waals surface area (Å²) in [5.41, 5.74) is 1.48. The summed E-state index contributed by atoms with van der Waals surface area (Å²) in [6, 6.07) is 0. The predicted octanol–water partition coefficient (Wildman–Crippen LogP) is 2.65. The van der Waals surface area contributed by atoms with Crippen LogP contribution in [0.15, 0.2) is 11.6 Å². The molecule has 0 amide bonds. The van der Waals surface area contributed by atoms with Crippen LogP contribution in [0.25, 0.3) is 0 Å². The third-order valence-corrected chi connectivity index (χ3v) is 2.28. The quantitative estimate of drug-likeness (QED) is 0.619. The van der Waals surface area contributed by atoms with E-state index in [9.17, 15) is 5.11 Å². The van der Waals surface area contributed by atoms with E-state index in [1.807, 2.05) is 0 Å². The van der Waals surface area contributed by atoms with Crippen LogP contribution in [-0.4, -0.2) is 11.2 Å². The van der Waals surface area contributed by atoms with E-state index in [4.69, 9.17) is 0 Å². The highest BCUT2D eigenvalue weighted by Crippen LogP contribution is 2.21. The first-order valence-corrected chi connectivity index (χ1v) is 4.70. The zero-order valence-corrected chi connectivity index (χ0v) is 7.34. The number of allylic oxidation sites excluding steroid dienone is 1. The Kier molecular flexibility index (Phi) is 3.64. The maximum atomic E-state index is 9.30. The van der Waals surface area contributed by atoms with Crippen molar-refractivity contribution in [3.63, 3.8) is 0 Å². The van der Waals surface area contributed by atoms with Gasteiger partial charge in [-0.3, -0.25) is 0 Å². The molecule has 0 aromatic rings. The van der Waals surface area contributed by atoms with Crippen molar-refractivity contribution in [3.8, 4) is 0 Å². The van der Waals surface area contributed by atoms with Gasteiger partial charge in [0.2, 0.25) is 0 Å². The fourth-order valence-corrected chi connectivity index (χ4v) is 1.59. The highest BCUT2D eigenvalue weighted by atomic mass is 16.3. The lowest BCUT2D eigenvalue weighted by molar-refractivity contribution is 0.201. The maximum absolute atomic E-state index is 9.30. The van der Waals surface area contributed by atoms with E-state index in [0.29, 0.717) is 0 Å². The molecule has 0 bridgehead atoms. The molecular weight excluding hydrogens is 136 g/mol. The van der Waals surface area contributed by atoms with Gasteiger partial charge < -0.3 is 5.11 Å². The van der Waals surface area contributed by atoms with E-state index >= 15 is 0 Å². The molecule has 0 radical (unpaired) electrons. The van der Waals surface area contributed by atoms with Gasteiger partial charge in [0.15, 0.2) is 0 Å². The fourth-order valence-electron chi connectivity index (χ4n) is 1.59. The van der Waals surface area contributed by atoms with E-state index in [1.54, 1.807) is 0 Å². The highest BCUT2D eigenvalue weighted by Gasteiger charge is 2.09. The Hall–Kier alpha value is -0.300. The molecule has 64 valence electrons. The van der Waals surface area contributed by atoms with Crippen molar-refractivity contribution in [2.45, 2.75) is 51.6 Å². The van der Waals surface area contributed by atoms with Crippen LogP contribution in [-0.2, 0) is 0 Å². The van der Waals surface area contributed by atoms with Gasteiger partial charge in [-0.15, -0.1) is 0 Å². The fraction of sp³-hybridized carbons (Fsp3) is 0.800. The predicted molar refractivity (Wildman–Crippen MR) is 47.5 cm³/mol. The van der Waals surface area contributed by atoms with E-state index in [1.165, 1.54) is 37.7 Å². The number of hydrogen-bond acceptors (Lipinski definition) is 1. The molecule has 0 heterocycles. The molecule has 1 rings (SSSR count). The van der Waals surface area contributed by atoms with Gasteiger partial charge in [-0.05, 0) is 32.1 Å². The summed E-state index contributed by atoms with van der Waals surface area (Å²) < 4.78 is 0. The van der Waals surface area contributed by atoms with Gasteiger partial charge in [0.25, 0.3) is 0 Å². The van der Waals surface area contributed by atoms with Crippen LogP contribution >= 0.6 is 0 Å². The molecule has 1 atom stereocenters. The third kappa shape index (κ3) is 3.06. The van der Waals surface area contributed by atoms with Gasteiger partial charge in [0, 0.05) is 0 Å². The lowest BCUT2D eigenvalue weighted by atomic mass is 9.94. The Labute approximate surface area is 69.1 Å². The number of rotatable bonds is 3. The van der Waals surface area contributed by atoms with Gasteiger partial charge in [-0.25, -0.2) is 0 Å². The SMILES string of the molecule is CCCCC1=C[C@@H](O)CCC1. The molecule has 11 heavy (non-hydrogen) atoms. The summed E-state index contributed by atoms with van der Waals surface area (Å²) in [5, 5.41) is 9.30. The molecule has 0 unspecified atom stereocenters. The molecule has 1 heteroatoms. The maximum Gasteiger partial charge on any atom is 0.0723 e. The molecule has 0 saturated heterocycles. The van der Waals surface area contributed by atoms with Gasteiger partial charge in [-0.1, -0.05) is 25.0 Å². The first-order chi connectivity index (χ1) is 5.33. The molecule has 1 nitrogen and oxygen atoms in total. The standard InChI is InChI=1S/C10H18O/c1-2-3-5-9-6-4-7-10(11)8-9/h8,10-11H,2-7H2,1H3/t10-/m0/s1.